The van der Waals surface area contributed by atoms with Crippen LogP contribution in [-0.2, 0) is 4.79 Å². The summed E-state index contributed by atoms with van der Waals surface area (Å²) >= 11 is 0. The highest BCUT2D eigenvalue weighted by atomic mass is 16.3. The Kier molecular flexibility index (Phi) is 4.15. The third-order valence-corrected chi connectivity index (χ3v) is 2.59. The van der Waals surface area contributed by atoms with E-state index < -0.39 is 0 Å². The maximum Gasteiger partial charge on any atom is 0.224 e. The van der Waals surface area contributed by atoms with E-state index in [1.54, 1.807) is 0 Å². The van der Waals surface area contributed by atoms with Gasteiger partial charge in [0.2, 0.25) is 5.91 Å². The van der Waals surface area contributed by atoms with Gasteiger partial charge in [-0.1, -0.05) is 6.07 Å². The molecule has 2 aromatic rings. The number of aromatic nitrogens is 1. The summed E-state index contributed by atoms with van der Waals surface area (Å²) in [6.07, 6.45) is 4.73. The van der Waals surface area contributed by atoms with Gasteiger partial charge in [-0.3, -0.25) is 4.79 Å². The van der Waals surface area contributed by atoms with E-state index in [0.717, 1.165) is 11.4 Å². The van der Waals surface area contributed by atoms with Gasteiger partial charge in [0.1, 0.15) is 0 Å². The fourth-order valence-electron chi connectivity index (χ4n) is 1.71. The molecule has 1 heterocycles. The van der Waals surface area contributed by atoms with Crippen molar-refractivity contribution in [1.29, 1.82) is 0 Å². The lowest BCUT2D eigenvalue weighted by Gasteiger charge is -2.08. The Balaban J connectivity index is 2.06. The molecule has 0 spiro atoms. The zero-order valence-corrected chi connectivity index (χ0v) is 10.0. The maximum atomic E-state index is 11.5. The number of hydrogen-bond acceptors (Lipinski definition) is 2. The SMILES string of the molecule is O=C(CCCO)Nc1cccc(-n2cccc2)c1. The fraction of sp³-hybridized carbons (Fsp3) is 0.214. The van der Waals surface area contributed by atoms with Gasteiger partial charge in [0.15, 0.2) is 0 Å². The summed E-state index contributed by atoms with van der Waals surface area (Å²) < 4.78 is 1.98. The van der Waals surface area contributed by atoms with Crippen LogP contribution in [0.5, 0.6) is 0 Å². The van der Waals surface area contributed by atoms with Crippen molar-refractivity contribution in [3.05, 3.63) is 48.8 Å². The number of aliphatic hydroxyl groups is 1. The molecule has 4 heteroatoms. The molecule has 94 valence electrons. The number of carbonyl (C=O) groups excluding carboxylic acids is 1. The van der Waals surface area contributed by atoms with Crippen molar-refractivity contribution < 1.29 is 9.90 Å². The van der Waals surface area contributed by atoms with Crippen molar-refractivity contribution in [2.24, 2.45) is 0 Å². The molecule has 1 amide bonds. The molecule has 0 atom stereocenters. The van der Waals surface area contributed by atoms with Crippen molar-refractivity contribution in [3.8, 4) is 5.69 Å². The highest BCUT2D eigenvalue weighted by molar-refractivity contribution is 5.90. The Morgan fingerprint density at radius 3 is 2.72 bits per heavy atom. The predicted octanol–water partition coefficient (Wildman–Crippen LogP) is 2.19. The highest BCUT2D eigenvalue weighted by Crippen LogP contribution is 2.15. The van der Waals surface area contributed by atoms with Gasteiger partial charge in [-0.15, -0.1) is 0 Å². The summed E-state index contributed by atoms with van der Waals surface area (Å²) in [6.45, 7) is 0.0385. The fourth-order valence-corrected chi connectivity index (χ4v) is 1.71. The van der Waals surface area contributed by atoms with Gasteiger partial charge in [-0.05, 0) is 36.8 Å². The Labute approximate surface area is 106 Å². The number of nitrogens with zero attached hydrogens (tertiary/aromatic N) is 1. The second kappa shape index (κ2) is 6.02. The van der Waals surface area contributed by atoms with Crippen LogP contribution in [0.2, 0.25) is 0 Å². The topological polar surface area (TPSA) is 54.3 Å². The number of anilines is 1. The Hall–Kier alpha value is -2.07. The molecule has 0 bridgehead atoms. The summed E-state index contributed by atoms with van der Waals surface area (Å²) in [5.74, 6) is -0.0753. The Morgan fingerprint density at radius 2 is 2.00 bits per heavy atom. The summed E-state index contributed by atoms with van der Waals surface area (Å²) in [5, 5.41) is 11.5. The molecule has 0 unspecified atom stereocenters. The van der Waals surface area contributed by atoms with Gasteiger partial charge in [0.05, 0.1) is 0 Å². The molecule has 0 saturated carbocycles. The number of hydrogen-bond donors (Lipinski definition) is 2. The van der Waals surface area contributed by atoms with E-state index in [-0.39, 0.29) is 12.5 Å². The Morgan fingerprint density at radius 1 is 1.22 bits per heavy atom. The lowest BCUT2D eigenvalue weighted by Crippen LogP contribution is -2.11. The number of amides is 1. The van der Waals surface area contributed by atoms with Crippen molar-refractivity contribution in [2.75, 3.05) is 11.9 Å². The van der Waals surface area contributed by atoms with Gasteiger partial charge in [0, 0.05) is 36.8 Å². The first-order valence-corrected chi connectivity index (χ1v) is 5.94. The van der Waals surface area contributed by atoms with Crippen molar-refractivity contribution in [3.63, 3.8) is 0 Å². The van der Waals surface area contributed by atoms with Crippen LogP contribution in [0.1, 0.15) is 12.8 Å². The molecule has 0 aliphatic carbocycles. The number of carbonyl (C=O) groups is 1. The van der Waals surface area contributed by atoms with Crippen LogP contribution >= 0.6 is 0 Å². The monoisotopic (exact) mass is 244 g/mol. The van der Waals surface area contributed by atoms with E-state index in [4.69, 9.17) is 5.11 Å². The van der Waals surface area contributed by atoms with Crippen molar-refractivity contribution in [2.45, 2.75) is 12.8 Å². The van der Waals surface area contributed by atoms with E-state index in [0.29, 0.717) is 12.8 Å². The summed E-state index contributed by atoms with van der Waals surface area (Å²) in [4.78, 5) is 11.5. The van der Waals surface area contributed by atoms with Gasteiger partial charge in [-0.25, -0.2) is 0 Å². The Bertz CT molecular complexity index is 506. The molecule has 0 aliphatic rings. The summed E-state index contributed by atoms with van der Waals surface area (Å²) in [5.41, 5.74) is 1.77. The van der Waals surface area contributed by atoms with E-state index in [1.165, 1.54) is 0 Å². The lowest BCUT2D eigenvalue weighted by atomic mass is 10.2. The molecular formula is C14H16N2O2. The first-order chi connectivity index (χ1) is 8.79. The summed E-state index contributed by atoms with van der Waals surface area (Å²) in [7, 11) is 0. The zero-order valence-electron chi connectivity index (χ0n) is 10.0. The average Bonchev–Trinajstić information content (AvgIpc) is 2.90. The smallest absolute Gasteiger partial charge is 0.224 e. The van der Waals surface area contributed by atoms with Crippen molar-refractivity contribution >= 4 is 11.6 Å². The average molecular weight is 244 g/mol. The molecule has 4 nitrogen and oxygen atoms in total. The first kappa shape index (κ1) is 12.4. The van der Waals surface area contributed by atoms with Gasteiger partial charge >= 0.3 is 0 Å². The number of nitrogens with one attached hydrogen (secondary N) is 1. The molecule has 0 radical (unpaired) electrons. The van der Waals surface area contributed by atoms with Crippen LogP contribution in [0.3, 0.4) is 0 Å². The summed E-state index contributed by atoms with van der Waals surface area (Å²) in [6, 6.07) is 11.5. The second-order valence-corrected chi connectivity index (χ2v) is 4.02. The maximum absolute atomic E-state index is 11.5. The zero-order chi connectivity index (χ0) is 12.8. The third kappa shape index (κ3) is 3.21. The molecule has 1 aromatic carbocycles. The standard InChI is InChI=1S/C14H16N2O2/c17-10-4-7-14(18)15-12-5-3-6-13(11-12)16-8-1-2-9-16/h1-3,5-6,8-9,11,17H,4,7,10H2,(H,15,18). The normalized spacial score (nSPS) is 10.3. The van der Waals surface area contributed by atoms with Gasteiger partial charge in [0.25, 0.3) is 0 Å². The van der Waals surface area contributed by atoms with Crippen LogP contribution in [0.15, 0.2) is 48.8 Å². The lowest BCUT2D eigenvalue weighted by molar-refractivity contribution is -0.116. The minimum Gasteiger partial charge on any atom is -0.396 e. The largest absolute Gasteiger partial charge is 0.396 e. The van der Waals surface area contributed by atoms with Crippen LogP contribution in [0.4, 0.5) is 5.69 Å². The van der Waals surface area contributed by atoms with E-state index in [2.05, 4.69) is 5.32 Å². The number of aliphatic hydroxyl groups excluding tert-OH is 1. The molecule has 2 N–H and O–H groups in total. The third-order valence-electron chi connectivity index (χ3n) is 2.59. The molecule has 0 fully saturated rings. The van der Waals surface area contributed by atoms with E-state index >= 15 is 0 Å². The second-order valence-electron chi connectivity index (χ2n) is 4.02. The molecule has 1 aromatic heterocycles. The minimum absolute atomic E-state index is 0.0385. The molecule has 0 aliphatic heterocycles. The number of rotatable bonds is 5. The highest BCUT2D eigenvalue weighted by Gasteiger charge is 2.02. The quantitative estimate of drug-likeness (QED) is 0.847. The molecule has 2 rings (SSSR count). The van der Waals surface area contributed by atoms with E-state index in [1.807, 2.05) is 53.4 Å². The first-order valence-electron chi connectivity index (χ1n) is 5.94. The van der Waals surface area contributed by atoms with E-state index in [9.17, 15) is 4.79 Å². The minimum atomic E-state index is -0.0753. The van der Waals surface area contributed by atoms with Crippen LogP contribution in [-0.4, -0.2) is 22.2 Å². The molecule has 18 heavy (non-hydrogen) atoms. The van der Waals surface area contributed by atoms with Crippen molar-refractivity contribution in [1.82, 2.24) is 4.57 Å². The van der Waals surface area contributed by atoms with Crippen LogP contribution in [0, 0.1) is 0 Å². The predicted molar refractivity (Wildman–Crippen MR) is 70.7 cm³/mol. The van der Waals surface area contributed by atoms with Gasteiger partial charge in [-0.2, -0.15) is 0 Å². The van der Waals surface area contributed by atoms with Crippen LogP contribution in [0.25, 0.3) is 5.69 Å². The van der Waals surface area contributed by atoms with Gasteiger partial charge < -0.3 is 15.0 Å². The van der Waals surface area contributed by atoms with Crippen LogP contribution < -0.4 is 5.32 Å². The number of benzene rings is 1. The molecular weight excluding hydrogens is 228 g/mol. The molecule has 0 saturated heterocycles.